The molecule has 0 bridgehead atoms. The van der Waals surface area contributed by atoms with Crippen LogP contribution in [0.4, 0.5) is 4.39 Å². The standard InChI is InChI=1S/C17H19ClFN3O/c1-12-3-2-4-16(19)15(12)11-21(17(23)10-18)13-6-8-22-14(9-13)5-7-20-22/h2-5,7,13H,6,8-11H2,1H3. The molecule has 1 unspecified atom stereocenters. The molecule has 0 spiro atoms. The number of amides is 1. The summed E-state index contributed by atoms with van der Waals surface area (Å²) >= 11 is 5.79. The molecule has 6 heteroatoms. The van der Waals surface area contributed by atoms with Crippen LogP contribution < -0.4 is 0 Å². The van der Waals surface area contributed by atoms with Gasteiger partial charge in [0.15, 0.2) is 0 Å². The summed E-state index contributed by atoms with van der Waals surface area (Å²) in [5, 5.41) is 4.25. The number of rotatable bonds is 4. The SMILES string of the molecule is Cc1cccc(F)c1CN(C(=O)CCl)C1CCn2nccc2C1. The van der Waals surface area contributed by atoms with Gasteiger partial charge < -0.3 is 4.90 Å². The van der Waals surface area contributed by atoms with E-state index in [4.69, 9.17) is 11.6 Å². The molecule has 1 atom stereocenters. The van der Waals surface area contributed by atoms with Gasteiger partial charge in [0.05, 0.1) is 0 Å². The molecule has 0 saturated heterocycles. The lowest BCUT2D eigenvalue weighted by Crippen LogP contribution is -2.44. The Bertz CT molecular complexity index is 695. The summed E-state index contributed by atoms with van der Waals surface area (Å²) in [5.41, 5.74) is 2.50. The van der Waals surface area contributed by atoms with Gasteiger partial charge in [0.2, 0.25) is 5.91 Å². The van der Waals surface area contributed by atoms with Crippen molar-refractivity contribution in [1.29, 1.82) is 0 Å². The van der Waals surface area contributed by atoms with Gasteiger partial charge in [-0.05, 0) is 31.0 Å². The fourth-order valence-corrected chi connectivity index (χ4v) is 3.30. The Hall–Kier alpha value is -1.88. The average Bonchev–Trinajstić information content (AvgIpc) is 3.01. The Kier molecular flexibility index (Phi) is 4.66. The van der Waals surface area contributed by atoms with Crippen LogP contribution in [0.3, 0.4) is 0 Å². The maximum absolute atomic E-state index is 14.1. The van der Waals surface area contributed by atoms with Gasteiger partial charge in [-0.15, -0.1) is 11.6 Å². The second kappa shape index (κ2) is 6.71. The zero-order valence-corrected chi connectivity index (χ0v) is 13.8. The predicted octanol–water partition coefficient (Wildman–Crippen LogP) is 2.91. The Labute approximate surface area is 139 Å². The van der Waals surface area contributed by atoms with Crippen LogP contribution in [0.25, 0.3) is 0 Å². The van der Waals surface area contributed by atoms with E-state index in [2.05, 4.69) is 5.10 Å². The van der Waals surface area contributed by atoms with Crippen LogP contribution >= 0.6 is 11.6 Å². The van der Waals surface area contributed by atoms with Gasteiger partial charge in [0.1, 0.15) is 11.7 Å². The summed E-state index contributed by atoms with van der Waals surface area (Å²) in [6, 6.07) is 6.95. The molecular weight excluding hydrogens is 317 g/mol. The van der Waals surface area contributed by atoms with E-state index >= 15 is 0 Å². The Morgan fingerprint density at radius 1 is 1.48 bits per heavy atom. The van der Waals surface area contributed by atoms with E-state index in [0.717, 1.165) is 30.6 Å². The first kappa shape index (κ1) is 16.0. The third-order valence-electron chi connectivity index (χ3n) is 4.48. The number of alkyl halides is 1. The predicted molar refractivity (Wildman–Crippen MR) is 86.7 cm³/mol. The molecule has 0 radical (unpaired) electrons. The van der Waals surface area contributed by atoms with Crippen LogP contribution in [0.15, 0.2) is 30.5 Å². The number of fused-ring (bicyclic) bond motifs is 1. The molecule has 0 saturated carbocycles. The van der Waals surface area contributed by atoms with Gasteiger partial charge in [-0.2, -0.15) is 5.10 Å². The molecular formula is C17H19ClFN3O. The number of aromatic nitrogens is 2. The van der Waals surface area contributed by atoms with Crippen molar-refractivity contribution >= 4 is 17.5 Å². The lowest BCUT2D eigenvalue weighted by atomic mass is 10.00. The minimum Gasteiger partial charge on any atom is -0.334 e. The van der Waals surface area contributed by atoms with E-state index in [1.54, 1.807) is 17.2 Å². The first-order valence-corrected chi connectivity index (χ1v) is 8.23. The first-order chi connectivity index (χ1) is 11.1. The van der Waals surface area contributed by atoms with Crippen LogP contribution in [-0.2, 0) is 24.3 Å². The zero-order chi connectivity index (χ0) is 16.4. The van der Waals surface area contributed by atoms with Crippen LogP contribution in [-0.4, -0.2) is 32.5 Å². The maximum atomic E-state index is 14.1. The second-order valence-electron chi connectivity index (χ2n) is 5.88. The molecule has 1 aromatic carbocycles. The maximum Gasteiger partial charge on any atom is 0.238 e. The molecule has 1 aliphatic heterocycles. The Balaban J connectivity index is 1.86. The highest BCUT2D eigenvalue weighted by molar-refractivity contribution is 6.27. The monoisotopic (exact) mass is 335 g/mol. The van der Waals surface area contributed by atoms with E-state index in [-0.39, 0.29) is 30.2 Å². The van der Waals surface area contributed by atoms with Crippen molar-refractivity contribution in [2.45, 2.75) is 38.9 Å². The van der Waals surface area contributed by atoms with Crippen molar-refractivity contribution in [3.8, 4) is 0 Å². The zero-order valence-electron chi connectivity index (χ0n) is 13.0. The van der Waals surface area contributed by atoms with Gasteiger partial charge in [-0.3, -0.25) is 9.48 Å². The smallest absolute Gasteiger partial charge is 0.238 e. The topological polar surface area (TPSA) is 38.1 Å². The van der Waals surface area contributed by atoms with Crippen molar-refractivity contribution in [2.24, 2.45) is 0 Å². The first-order valence-electron chi connectivity index (χ1n) is 7.70. The molecule has 0 fully saturated rings. The molecule has 2 heterocycles. The normalized spacial score (nSPS) is 16.9. The summed E-state index contributed by atoms with van der Waals surface area (Å²) in [5.74, 6) is -0.533. The summed E-state index contributed by atoms with van der Waals surface area (Å²) in [6.45, 7) is 2.87. The van der Waals surface area contributed by atoms with Gasteiger partial charge >= 0.3 is 0 Å². The molecule has 0 N–H and O–H groups in total. The number of benzene rings is 1. The number of nitrogens with zero attached hydrogens (tertiary/aromatic N) is 3. The van der Waals surface area contributed by atoms with E-state index < -0.39 is 0 Å². The highest BCUT2D eigenvalue weighted by Gasteiger charge is 2.28. The van der Waals surface area contributed by atoms with E-state index in [1.807, 2.05) is 23.7 Å². The number of aryl methyl sites for hydroxylation is 2. The molecule has 1 aromatic heterocycles. The van der Waals surface area contributed by atoms with Crippen molar-refractivity contribution in [1.82, 2.24) is 14.7 Å². The molecule has 1 amide bonds. The Morgan fingerprint density at radius 3 is 3.04 bits per heavy atom. The van der Waals surface area contributed by atoms with Gasteiger partial charge in [-0.25, -0.2) is 4.39 Å². The van der Waals surface area contributed by atoms with E-state index in [9.17, 15) is 9.18 Å². The van der Waals surface area contributed by atoms with Crippen molar-refractivity contribution in [3.05, 3.63) is 53.1 Å². The van der Waals surface area contributed by atoms with Crippen LogP contribution in [0.2, 0.25) is 0 Å². The highest BCUT2D eigenvalue weighted by atomic mass is 35.5. The highest BCUT2D eigenvalue weighted by Crippen LogP contribution is 2.23. The molecule has 122 valence electrons. The van der Waals surface area contributed by atoms with Gasteiger partial charge in [0, 0.05) is 43.0 Å². The molecule has 3 rings (SSSR count). The second-order valence-corrected chi connectivity index (χ2v) is 6.15. The van der Waals surface area contributed by atoms with Crippen LogP contribution in [0.1, 0.15) is 23.2 Å². The largest absolute Gasteiger partial charge is 0.334 e. The van der Waals surface area contributed by atoms with Crippen molar-refractivity contribution in [3.63, 3.8) is 0 Å². The Morgan fingerprint density at radius 2 is 2.30 bits per heavy atom. The lowest BCUT2D eigenvalue weighted by Gasteiger charge is -2.35. The summed E-state index contributed by atoms with van der Waals surface area (Å²) < 4.78 is 16.1. The minimum atomic E-state index is -0.279. The third-order valence-corrected chi connectivity index (χ3v) is 4.71. The third kappa shape index (κ3) is 3.24. The quantitative estimate of drug-likeness (QED) is 0.806. The van der Waals surface area contributed by atoms with Crippen molar-refractivity contribution < 1.29 is 9.18 Å². The number of carbonyl (C=O) groups is 1. The van der Waals surface area contributed by atoms with Crippen LogP contribution in [0.5, 0.6) is 0 Å². The van der Waals surface area contributed by atoms with E-state index in [0.29, 0.717) is 5.56 Å². The summed E-state index contributed by atoms with van der Waals surface area (Å²) in [7, 11) is 0. The molecule has 1 aliphatic rings. The fraction of sp³-hybridized carbons (Fsp3) is 0.412. The summed E-state index contributed by atoms with van der Waals surface area (Å²) in [4.78, 5) is 14.1. The number of hydrogen-bond donors (Lipinski definition) is 0. The molecule has 2 aromatic rings. The van der Waals surface area contributed by atoms with Gasteiger partial charge in [0.25, 0.3) is 0 Å². The minimum absolute atomic E-state index is 0.0180. The lowest BCUT2D eigenvalue weighted by molar-refractivity contribution is -0.132. The number of carbonyl (C=O) groups excluding carboxylic acids is 1. The van der Waals surface area contributed by atoms with Gasteiger partial charge in [-0.1, -0.05) is 12.1 Å². The molecule has 0 aliphatic carbocycles. The number of hydrogen-bond acceptors (Lipinski definition) is 2. The summed E-state index contributed by atoms with van der Waals surface area (Å²) in [6.07, 6.45) is 3.29. The fourth-order valence-electron chi connectivity index (χ4n) is 3.15. The van der Waals surface area contributed by atoms with Crippen molar-refractivity contribution in [2.75, 3.05) is 5.88 Å². The average molecular weight is 336 g/mol. The molecule has 23 heavy (non-hydrogen) atoms. The molecule has 4 nitrogen and oxygen atoms in total. The van der Waals surface area contributed by atoms with Crippen LogP contribution in [0, 0.1) is 12.7 Å². The van der Waals surface area contributed by atoms with E-state index in [1.165, 1.54) is 6.07 Å². The number of halogens is 2.